The second kappa shape index (κ2) is 10.3. The van der Waals surface area contributed by atoms with Gasteiger partial charge in [-0.1, -0.05) is 0 Å². The minimum absolute atomic E-state index is 0. The largest absolute Gasteiger partial charge is 0.379 e. The van der Waals surface area contributed by atoms with Crippen LogP contribution in [0.4, 0.5) is 0 Å². The topological polar surface area (TPSA) is 48.9 Å². The summed E-state index contributed by atoms with van der Waals surface area (Å²) in [6.07, 6.45) is 2.63. The average molecular weight is 456 g/mol. The standard InChI is InChI=1S/C16H32N4OS.HI/c1-13(20-7-8-21-11-14(20)2)10-18-15(17-4)19-12-16(3)6-5-9-22-16;/h13-14H,5-12H2,1-4H3,(H2,17,18,19);1H. The van der Waals surface area contributed by atoms with Crippen LogP contribution in [0.3, 0.4) is 0 Å². The molecule has 0 amide bonds. The first kappa shape index (κ1) is 21.3. The molecule has 0 aromatic heterocycles. The predicted molar refractivity (Wildman–Crippen MR) is 111 cm³/mol. The molecule has 2 heterocycles. The lowest BCUT2D eigenvalue weighted by molar-refractivity contribution is -0.0174. The number of guanidine groups is 1. The van der Waals surface area contributed by atoms with Crippen molar-refractivity contribution in [3.05, 3.63) is 0 Å². The van der Waals surface area contributed by atoms with Gasteiger partial charge in [-0.05, 0) is 39.4 Å². The zero-order valence-electron chi connectivity index (χ0n) is 14.9. The molecule has 0 saturated carbocycles. The van der Waals surface area contributed by atoms with E-state index in [1.165, 1.54) is 18.6 Å². The number of ether oxygens (including phenoxy) is 1. The Labute approximate surface area is 162 Å². The maximum Gasteiger partial charge on any atom is 0.191 e. The summed E-state index contributed by atoms with van der Waals surface area (Å²) in [5.41, 5.74) is 0. The van der Waals surface area contributed by atoms with Crippen molar-refractivity contribution in [2.24, 2.45) is 4.99 Å². The minimum Gasteiger partial charge on any atom is -0.379 e. The first-order valence-electron chi connectivity index (χ1n) is 8.46. The molecule has 2 N–H and O–H groups in total. The van der Waals surface area contributed by atoms with E-state index in [0.717, 1.165) is 38.8 Å². The van der Waals surface area contributed by atoms with Crippen LogP contribution < -0.4 is 10.6 Å². The quantitative estimate of drug-likeness (QED) is 0.377. The van der Waals surface area contributed by atoms with Gasteiger partial charge in [-0.25, -0.2) is 0 Å². The van der Waals surface area contributed by atoms with Gasteiger partial charge >= 0.3 is 0 Å². The molecule has 5 nitrogen and oxygen atoms in total. The number of hydrogen-bond acceptors (Lipinski definition) is 4. The predicted octanol–water partition coefficient (Wildman–Crippen LogP) is 2.16. The highest BCUT2D eigenvalue weighted by atomic mass is 127. The fourth-order valence-electron chi connectivity index (χ4n) is 3.22. The third-order valence-electron chi connectivity index (χ3n) is 4.70. The highest BCUT2D eigenvalue weighted by Crippen LogP contribution is 2.36. The monoisotopic (exact) mass is 456 g/mol. The van der Waals surface area contributed by atoms with Crippen molar-refractivity contribution >= 4 is 41.7 Å². The smallest absolute Gasteiger partial charge is 0.191 e. The van der Waals surface area contributed by atoms with Crippen molar-refractivity contribution in [2.45, 2.75) is 50.4 Å². The number of rotatable bonds is 5. The summed E-state index contributed by atoms with van der Waals surface area (Å²) in [5.74, 6) is 2.21. The molecule has 136 valence electrons. The maximum atomic E-state index is 5.52. The molecule has 0 aromatic rings. The number of thioether (sulfide) groups is 1. The van der Waals surface area contributed by atoms with E-state index in [1.807, 2.05) is 7.05 Å². The van der Waals surface area contributed by atoms with E-state index in [1.54, 1.807) is 0 Å². The molecular formula is C16H33IN4OS. The first-order valence-corrected chi connectivity index (χ1v) is 9.44. The number of nitrogens with zero attached hydrogens (tertiary/aromatic N) is 2. The number of morpholine rings is 1. The Bertz CT molecular complexity index is 377. The van der Waals surface area contributed by atoms with E-state index in [0.29, 0.717) is 16.8 Å². The molecular weight excluding hydrogens is 423 g/mol. The fourth-order valence-corrected chi connectivity index (χ4v) is 4.47. The molecule has 0 spiro atoms. The minimum atomic E-state index is 0. The summed E-state index contributed by atoms with van der Waals surface area (Å²) in [6, 6.07) is 0.975. The Morgan fingerprint density at radius 1 is 1.48 bits per heavy atom. The van der Waals surface area contributed by atoms with Crippen LogP contribution in [0.1, 0.15) is 33.6 Å². The van der Waals surface area contributed by atoms with Crippen molar-refractivity contribution in [1.29, 1.82) is 0 Å². The van der Waals surface area contributed by atoms with E-state index in [4.69, 9.17) is 4.74 Å². The Morgan fingerprint density at radius 3 is 2.87 bits per heavy atom. The van der Waals surface area contributed by atoms with E-state index in [-0.39, 0.29) is 24.0 Å². The summed E-state index contributed by atoms with van der Waals surface area (Å²) < 4.78 is 5.88. The molecule has 0 bridgehead atoms. The van der Waals surface area contributed by atoms with Crippen LogP contribution in [0.2, 0.25) is 0 Å². The van der Waals surface area contributed by atoms with Crippen LogP contribution in [-0.2, 0) is 4.74 Å². The fraction of sp³-hybridized carbons (Fsp3) is 0.938. The Balaban J connectivity index is 0.00000264. The van der Waals surface area contributed by atoms with Crippen LogP contribution in [0, 0.1) is 0 Å². The number of hydrogen-bond donors (Lipinski definition) is 2. The summed E-state index contributed by atoms with van der Waals surface area (Å²) in [4.78, 5) is 6.87. The highest BCUT2D eigenvalue weighted by Gasteiger charge is 2.29. The van der Waals surface area contributed by atoms with Gasteiger partial charge in [0, 0.05) is 43.5 Å². The third-order valence-corrected chi connectivity index (χ3v) is 6.24. The SMILES string of the molecule is CN=C(NCC(C)N1CCOCC1C)NCC1(C)CCCS1.I. The Hall–Kier alpha value is 0.270. The summed E-state index contributed by atoms with van der Waals surface area (Å²) in [6.45, 7) is 11.5. The molecule has 7 heteroatoms. The van der Waals surface area contributed by atoms with Crippen molar-refractivity contribution < 1.29 is 4.74 Å². The highest BCUT2D eigenvalue weighted by molar-refractivity contribution is 14.0. The zero-order chi connectivity index (χ0) is 16.0. The van der Waals surface area contributed by atoms with Crippen LogP contribution in [-0.4, -0.2) is 73.3 Å². The first-order chi connectivity index (χ1) is 10.5. The summed E-state index contributed by atoms with van der Waals surface area (Å²) >= 11 is 2.08. The lowest BCUT2D eigenvalue weighted by Crippen LogP contribution is -2.53. The molecule has 0 radical (unpaired) electrons. The molecule has 0 aromatic carbocycles. The molecule has 23 heavy (non-hydrogen) atoms. The van der Waals surface area contributed by atoms with Crippen molar-refractivity contribution in [3.63, 3.8) is 0 Å². The molecule has 3 atom stereocenters. The van der Waals surface area contributed by atoms with Crippen LogP contribution in [0.25, 0.3) is 0 Å². The van der Waals surface area contributed by atoms with Gasteiger partial charge in [0.15, 0.2) is 5.96 Å². The van der Waals surface area contributed by atoms with Crippen molar-refractivity contribution in [1.82, 2.24) is 15.5 Å². The second-order valence-corrected chi connectivity index (χ2v) is 8.40. The van der Waals surface area contributed by atoms with Crippen LogP contribution >= 0.6 is 35.7 Å². The number of aliphatic imine (C=N–C) groups is 1. The number of halogens is 1. The van der Waals surface area contributed by atoms with Gasteiger partial charge in [0.2, 0.25) is 0 Å². The second-order valence-electron chi connectivity index (χ2n) is 6.72. The van der Waals surface area contributed by atoms with Crippen molar-refractivity contribution in [2.75, 3.05) is 45.6 Å². The molecule has 0 aliphatic carbocycles. The molecule has 2 aliphatic heterocycles. The van der Waals surface area contributed by atoms with E-state index >= 15 is 0 Å². The average Bonchev–Trinajstić information content (AvgIpc) is 2.94. The summed E-state index contributed by atoms with van der Waals surface area (Å²) in [7, 11) is 1.85. The zero-order valence-corrected chi connectivity index (χ0v) is 18.1. The molecule has 2 fully saturated rings. The van der Waals surface area contributed by atoms with Gasteiger partial charge in [-0.15, -0.1) is 24.0 Å². The number of nitrogens with one attached hydrogen (secondary N) is 2. The maximum absolute atomic E-state index is 5.52. The molecule has 2 aliphatic rings. The van der Waals surface area contributed by atoms with Gasteiger partial charge in [0.25, 0.3) is 0 Å². The normalized spacial score (nSPS) is 30.6. The lowest BCUT2D eigenvalue weighted by atomic mass is 10.1. The van der Waals surface area contributed by atoms with Gasteiger partial charge in [0.05, 0.1) is 13.2 Å². The van der Waals surface area contributed by atoms with Crippen LogP contribution in [0.15, 0.2) is 4.99 Å². The van der Waals surface area contributed by atoms with E-state index < -0.39 is 0 Å². The van der Waals surface area contributed by atoms with Gasteiger partial charge in [0.1, 0.15) is 0 Å². The van der Waals surface area contributed by atoms with E-state index in [9.17, 15) is 0 Å². The summed E-state index contributed by atoms with van der Waals surface area (Å²) in [5, 5.41) is 6.97. The van der Waals surface area contributed by atoms with Gasteiger partial charge in [-0.2, -0.15) is 11.8 Å². The molecule has 3 unspecified atom stereocenters. The van der Waals surface area contributed by atoms with Gasteiger partial charge < -0.3 is 15.4 Å². The molecule has 2 saturated heterocycles. The van der Waals surface area contributed by atoms with Crippen molar-refractivity contribution in [3.8, 4) is 0 Å². The van der Waals surface area contributed by atoms with Crippen LogP contribution in [0.5, 0.6) is 0 Å². The van der Waals surface area contributed by atoms with Gasteiger partial charge in [-0.3, -0.25) is 9.89 Å². The van der Waals surface area contributed by atoms with E-state index in [2.05, 4.69) is 53.1 Å². The molecule has 2 rings (SSSR count). The Kier molecular flexibility index (Phi) is 9.55. The Morgan fingerprint density at radius 2 is 2.26 bits per heavy atom. The third kappa shape index (κ3) is 6.59. The lowest BCUT2D eigenvalue weighted by Gasteiger charge is -2.38.